The van der Waals surface area contributed by atoms with E-state index in [4.69, 9.17) is 16.3 Å². The van der Waals surface area contributed by atoms with Crippen molar-refractivity contribution in [3.63, 3.8) is 0 Å². The van der Waals surface area contributed by atoms with E-state index in [9.17, 15) is 4.79 Å². The minimum absolute atomic E-state index is 0.172. The van der Waals surface area contributed by atoms with E-state index in [0.717, 1.165) is 25.1 Å². The van der Waals surface area contributed by atoms with Crippen molar-refractivity contribution in [2.75, 3.05) is 19.0 Å². The maximum Gasteiger partial charge on any atom is 0.252 e. The summed E-state index contributed by atoms with van der Waals surface area (Å²) in [6.45, 7) is 2.85. The summed E-state index contributed by atoms with van der Waals surface area (Å²) in [4.78, 5) is 11.7. The molecule has 1 aromatic rings. The number of carbonyl (C=O) groups is 1. The number of nitrogens with one attached hydrogen (secondary N) is 2. The predicted molar refractivity (Wildman–Crippen MR) is 76.9 cm³/mol. The standard InChI is InChI=1S/C14H19ClN2O2/c1-9-7-11(5-6-19-9)17-10-3-4-13(15)12(8-10)14(18)16-2/h3-4,8-9,11,17H,5-7H2,1-2H3,(H,16,18). The van der Waals surface area contributed by atoms with Gasteiger partial charge in [0.15, 0.2) is 0 Å². The molecule has 1 amide bonds. The Morgan fingerprint density at radius 2 is 2.26 bits per heavy atom. The van der Waals surface area contributed by atoms with Gasteiger partial charge in [-0.2, -0.15) is 0 Å². The summed E-state index contributed by atoms with van der Waals surface area (Å²) in [5.41, 5.74) is 1.41. The third-order valence-electron chi connectivity index (χ3n) is 3.29. The van der Waals surface area contributed by atoms with Gasteiger partial charge in [0.05, 0.1) is 16.7 Å². The molecule has 2 N–H and O–H groups in total. The number of hydrogen-bond acceptors (Lipinski definition) is 3. The topological polar surface area (TPSA) is 50.4 Å². The van der Waals surface area contributed by atoms with Crippen LogP contribution in [0.1, 0.15) is 30.1 Å². The first-order chi connectivity index (χ1) is 9.10. The van der Waals surface area contributed by atoms with E-state index >= 15 is 0 Å². The second-order valence-electron chi connectivity index (χ2n) is 4.82. The lowest BCUT2D eigenvalue weighted by molar-refractivity contribution is 0.0232. The summed E-state index contributed by atoms with van der Waals surface area (Å²) in [5.74, 6) is -0.172. The molecule has 2 atom stereocenters. The van der Waals surface area contributed by atoms with Gasteiger partial charge in [-0.15, -0.1) is 0 Å². The maximum absolute atomic E-state index is 11.7. The minimum atomic E-state index is -0.172. The van der Waals surface area contributed by atoms with E-state index in [1.165, 1.54) is 0 Å². The molecular weight excluding hydrogens is 264 g/mol. The third-order valence-corrected chi connectivity index (χ3v) is 3.62. The number of benzene rings is 1. The Morgan fingerprint density at radius 1 is 1.47 bits per heavy atom. The molecule has 0 aromatic heterocycles. The zero-order chi connectivity index (χ0) is 13.8. The van der Waals surface area contributed by atoms with Crippen LogP contribution in [0.4, 0.5) is 5.69 Å². The molecule has 1 aliphatic heterocycles. The van der Waals surface area contributed by atoms with Crippen LogP contribution < -0.4 is 10.6 Å². The van der Waals surface area contributed by atoms with Gasteiger partial charge in [-0.25, -0.2) is 0 Å². The van der Waals surface area contributed by atoms with Crippen LogP contribution in [0.2, 0.25) is 5.02 Å². The first-order valence-electron chi connectivity index (χ1n) is 6.50. The third kappa shape index (κ3) is 3.61. The lowest BCUT2D eigenvalue weighted by atomic mass is 10.0. The molecule has 0 saturated carbocycles. The molecule has 2 unspecified atom stereocenters. The number of anilines is 1. The number of hydrogen-bond donors (Lipinski definition) is 2. The molecule has 4 nitrogen and oxygen atoms in total. The van der Waals surface area contributed by atoms with Gasteiger partial charge in [-0.1, -0.05) is 11.6 Å². The van der Waals surface area contributed by atoms with Gasteiger partial charge < -0.3 is 15.4 Å². The molecule has 1 aliphatic rings. The molecule has 0 aliphatic carbocycles. The zero-order valence-electron chi connectivity index (χ0n) is 11.2. The quantitative estimate of drug-likeness (QED) is 0.896. The van der Waals surface area contributed by atoms with E-state index in [1.807, 2.05) is 6.07 Å². The van der Waals surface area contributed by atoms with Crippen LogP contribution >= 0.6 is 11.6 Å². The fourth-order valence-corrected chi connectivity index (χ4v) is 2.49. The van der Waals surface area contributed by atoms with Crippen LogP contribution in [0.5, 0.6) is 0 Å². The largest absolute Gasteiger partial charge is 0.382 e. The molecular formula is C14H19ClN2O2. The number of halogens is 1. The van der Waals surface area contributed by atoms with Crippen molar-refractivity contribution in [3.8, 4) is 0 Å². The van der Waals surface area contributed by atoms with Crippen LogP contribution in [-0.4, -0.2) is 31.7 Å². The van der Waals surface area contributed by atoms with Crippen molar-refractivity contribution in [1.82, 2.24) is 5.32 Å². The molecule has 5 heteroatoms. The Balaban J connectivity index is 2.10. The summed E-state index contributed by atoms with van der Waals surface area (Å²) < 4.78 is 5.52. The molecule has 1 aromatic carbocycles. The summed E-state index contributed by atoms with van der Waals surface area (Å²) in [7, 11) is 1.60. The summed E-state index contributed by atoms with van der Waals surface area (Å²) >= 11 is 6.03. The van der Waals surface area contributed by atoms with Gasteiger partial charge in [0.2, 0.25) is 0 Å². The van der Waals surface area contributed by atoms with Gasteiger partial charge >= 0.3 is 0 Å². The number of carbonyl (C=O) groups excluding carboxylic acids is 1. The van der Waals surface area contributed by atoms with Crippen molar-refractivity contribution in [1.29, 1.82) is 0 Å². The smallest absolute Gasteiger partial charge is 0.252 e. The monoisotopic (exact) mass is 282 g/mol. The Morgan fingerprint density at radius 3 is 2.95 bits per heavy atom. The van der Waals surface area contributed by atoms with Gasteiger partial charge in [-0.3, -0.25) is 4.79 Å². The summed E-state index contributed by atoms with van der Waals surface area (Å²) in [6, 6.07) is 5.82. The highest BCUT2D eigenvalue weighted by Gasteiger charge is 2.19. The van der Waals surface area contributed by atoms with E-state index in [2.05, 4.69) is 17.6 Å². The maximum atomic E-state index is 11.7. The lowest BCUT2D eigenvalue weighted by Gasteiger charge is -2.28. The van der Waals surface area contributed by atoms with E-state index in [0.29, 0.717) is 16.6 Å². The summed E-state index contributed by atoms with van der Waals surface area (Å²) in [5, 5.41) is 6.49. The minimum Gasteiger partial charge on any atom is -0.382 e. The first-order valence-corrected chi connectivity index (χ1v) is 6.87. The molecule has 1 fully saturated rings. The SMILES string of the molecule is CNC(=O)c1cc(NC2CCOC(C)C2)ccc1Cl. The van der Waals surface area contributed by atoms with Gasteiger partial charge in [0.25, 0.3) is 5.91 Å². The van der Waals surface area contributed by atoms with Crippen molar-refractivity contribution in [3.05, 3.63) is 28.8 Å². The number of rotatable bonds is 3. The Bertz CT molecular complexity index is 465. The lowest BCUT2D eigenvalue weighted by Crippen LogP contribution is -2.32. The fraction of sp³-hybridized carbons (Fsp3) is 0.500. The summed E-state index contributed by atoms with van der Waals surface area (Å²) in [6.07, 6.45) is 2.22. The van der Waals surface area contributed by atoms with E-state index in [1.54, 1.807) is 19.2 Å². The van der Waals surface area contributed by atoms with Crippen LogP contribution in [0, 0.1) is 0 Å². The second kappa shape index (κ2) is 6.26. The molecule has 1 saturated heterocycles. The van der Waals surface area contributed by atoms with Gasteiger partial charge in [-0.05, 0) is 38.0 Å². The average Bonchev–Trinajstić information content (AvgIpc) is 2.40. The van der Waals surface area contributed by atoms with Crippen molar-refractivity contribution < 1.29 is 9.53 Å². The van der Waals surface area contributed by atoms with E-state index in [-0.39, 0.29) is 12.0 Å². The molecule has 0 radical (unpaired) electrons. The van der Waals surface area contributed by atoms with Crippen LogP contribution in [0.25, 0.3) is 0 Å². The average molecular weight is 283 g/mol. The van der Waals surface area contributed by atoms with Gasteiger partial charge in [0, 0.05) is 25.4 Å². The normalized spacial score (nSPS) is 22.9. The number of amides is 1. The van der Waals surface area contributed by atoms with Gasteiger partial charge in [0.1, 0.15) is 0 Å². The molecule has 0 bridgehead atoms. The van der Waals surface area contributed by atoms with Crippen molar-refractivity contribution >= 4 is 23.2 Å². The fourth-order valence-electron chi connectivity index (χ4n) is 2.29. The Hall–Kier alpha value is -1.26. The zero-order valence-corrected chi connectivity index (χ0v) is 12.0. The van der Waals surface area contributed by atoms with Crippen LogP contribution in [0.3, 0.4) is 0 Å². The second-order valence-corrected chi connectivity index (χ2v) is 5.23. The van der Waals surface area contributed by atoms with E-state index < -0.39 is 0 Å². The van der Waals surface area contributed by atoms with Crippen molar-refractivity contribution in [2.45, 2.75) is 31.9 Å². The highest BCUT2D eigenvalue weighted by molar-refractivity contribution is 6.34. The van der Waals surface area contributed by atoms with Crippen LogP contribution in [-0.2, 0) is 4.74 Å². The first kappa shape index (κ1) is 14.2. The number of ether oxygens (including phenoxy) is 1. The molecule has 0 spiro atoms. The highest BCUT2D eigenvalue weighted by Crippen LogP contribution is 2.23. The van der Waals surface area contributed by atoms with Crippen LogP contribution in [0.15, 0.2) is 18.2 Å². The Kier molecular flexibility index (Phi) is 4.66. The Labute approximate surface area is 118 Å². The molecule has 104 valence electrons. The molecule has 1 heterocycles. The van der Waals surface area contributed by atoms with Crippen molar-refractivity contribution in [2.24, 2.45) is 0 Å². The highest BCUT2D eigenvalue weighted by atomic mass is 35.5. The molecule has 19 heavy (non-hydrogen) atoms. The molecule has 2 rings (SSSR count). The predicted octanol–water partition coefficient (Wildman–Crippen LogP) is 2.68.